The smallest absolute Gasteiger partial charge is 0.243 e. The van der Waals surface area contributed by atoms with Gasteiger partial charge in [-0.2, -0.15) is 0 Å². The molecule has 5 nitrogen and oxygen atoms in total. The first-order valence-electron chi connectivity index (χ1n) is 8.84. The van der Waals surface area contributed by atoms with Crippen LogP contribution in [0.25, 0.3) is 0 Å². The van der Waals surface area contributed by atoms with Gasteiger partial charge in [-0.1, -0.05) is 37.3 Å². The third-order valence-corrected chi connectivity index (χ3v) is 6.19. The highest BCUT2D eigenvalue weighted by molar-refractivity contribution is 7.99. The van der Waals surface area contributed by atoms with Crippen molar-refractivity contribution in [2.45, 2.75) is 31.2 Å². The molecule has 0 aliphatic heterocycles. The van der Waals surface area contributed by atoms with E-state index in [1.165, 1.54) is 4.31 Å². The quantitative estimate of drug-likeness (QED) is 0.512. The molecular weight excluding hydrogens is 380 g/mol. The molecule has 0 aliphatic rings. The molecular formula is C20H26N2O3S2. The molecule has 2 rings (SSSR count). The van der Waals surface area contributed by atoms with Crippen molar-refractivity contribution in [2.24, 2.45) is 0 Å². The standard InChI is InChI=1S/C20H26N2O3S2/c1-4-19(20(23)21-13-14-26-18-11-6-5-7-12-18)22(27(3,24)25)17-10-8-9-16(2)15-17/h5-12,15,19H,4,13-14H2,1-3H3,(H,21,23)/t19-/m0/s1. The Labute approximate surface area is 166 Å². The van der Waals surface area contributed by atoms with Crippen LogP contribution in [0.15, 0.2) is 59.5 Å². The summed E-state index contributed by atoms with van der Waals surface area (Å²) in [4.78, 5) is 13.8. The summed E-state index contributed by atoms with van der Waals surface area (Å²) in [6.45, 7) is 4.18. The molecule has 7 heteroatoms. The van der Waals surface area contributed by atoms with Crippen LogP contribution >= 0.6 is 11.8 Å². The number of sulfonamides is 1. The number of nitrogens with zero attached hydrogens (tertiary/aromatic N) is 1. The number of nitrogens with one attached hydrogen (secondary N) is 1. The molecule has 1 atom stereocenters. The lowest BCUT2D eigenvalue weighted by molar-refractivity contribution is -0.122. The van der Waals surface area contributed by atoms with Crippen molar-refractivity contribution >= 4 is 33.4 Å². The van der Waals surface area contributed by atoms with E-state index in [2.05, 4.69) is 5.32 Å². The summed E-state index contributed by atoms with van der Waals surface area (Å²) in [5, 5.41) is 2.87. The fourth-order valence-electron chi connectivity index (χ4n) is 2.80. The molecule has 0 unspecified atom stereocenters. The minimum atomic E-state index is -3.60. The SMILES string of the molecule is CC[C@@H](C(=O)NCCSc1ccccc1)N(c1cccc(C)c1)S(C)(=O)=O. The van der Waals surface area contributed by atoms with Gasteiger partial charge >= 0.3 is 0 Å². The average molecular weight is 407 g/mol. The maximum absolute atomic E-state index is 12.7. The first-order valence-corrected chi connectivity index (χ1v) is 11.7. The minimum Gasteiger partial charge on any atom is -0.353 e. The average Bonchev–Trinajstić information content (AvgIpc) is 2.62. The number of carbonyl (C=O) groups is 1. The molecule has 0 aliphatic carbocycles. The Kier molecular flexibility index (Phi) is 7.74. The zero-order valence-corrected chi connectivity index (χ0v) is 17.5. The molecule has 0 aromatic heterocycles. The second kappa shape index (κ2) is 9.80. The van der Waals surface area contributed by atoms with Crippen LogP contribution < -0.4 is 9.62 Å². The maximum atomic E-state index is 12.7. The summed E-state index contributed by atoms with van der Waals surface area (Å²) in [7, 11) is -3.60. The summed E-state index contributed by atoms with van der Waals surface area (Å²) in [6, 6.07) is 16.4. The number of aryl methyl sites for hydroxylation is 1. The van der Waals surface area contributed by atoms with Crippen LogP contribution in [-0.2, 0) is 14.8 Å². The van der Waals surface area contributed by atoms with E-state index in [1.54, 1.807) is 30.0 Å². The van der Waals surface area contributed by atoms with Gasteiger partial charge < -0.3 is 5.32 Å². The lowest BCUT2D eigenvalue weighted by Crippen LogP contribution is -2.49. The van der Waals surface area contributed by atoms with Crippen LogP contribution in [-0.4, -0.2) is 38.9 Å². The predicted molar refractivity (Wildman–Crippen MR) is 113 cm³/mol. The topological polar surface area (TPSA) is 66.5 Å². The van der Waals surface area contributed by atoms with E-state index in [9.17, 15) is 13.2 Å². The van der Waals surface area contributed by atoms with Crippen LogP contribution in [0.5, 0.6) is 0 Å². The van der Waals surface area contributed by atoms with Gasteiger partial charge in [0.25, 0.3) is 0 Å². The second-order valence-corrected chi connectivity index (χ2v) is 9.30. The number of anilines is 1. The number of rotatable bonds is 9. The van der Waals surface area contributed by atoms with Crippen LogP contribution in [0.3, 0.4) is 0 Å². The third kappa shape index (κ3) is 6.29. The summed E-state index contributed by atoms with van der Waals surface area (Å²) in [5.41, 5.74) is 1.45. The number of hydrogen-bond donors (Lipinski definition) is 1. The molecule has 2 aromatic rings. The molecule has 1 N–H and O–H groups in total. The molecule has 0 spiro atoms. The van der Waals surface area contributed by atoms with E-state index in [-0.39, 0.29) is 5.91 Å². The molecule has 0 heterocycles. The normalized spacial score (nSPS) is 12.4. The molecule has 0 radical (unpaired) electrons. The molecule has 0 fully saturated rings. The van der Waals surface area contributed by atoms with Crippen molar-refractivity contribution in [3.05, 3.63) is 60.2 Å². The van der Waals surface area contributed by atoms with E-state index >= 15 is 0 Å². The number of amides is 1. The molecule has 27 heavy (non-hydrogen) atoms. The van der Waals surface area contributed by atoms with Gasteiger partial charge in [-0.25, -0.2) is 8.42 Å². The van der Waals surface area contributed by atoms with Crippen molar-refractivity contribution in [3.8, 4) is 0 Å². The van der Waals surface area contributed by atoms with Crippen LogP contribution in [0.4, 0.5) is 5.69 Å². The molecule has 0 saturated heterocycles. The van der Waals surface area contributed by atoms with E-state index < -0.39 is 16.1 Å². The highest BCUT2D eigenvalue weighted by Gasteiger charge is 2.31. The van der Waals surface area contributed by atoms with Crippen molar-refractivity contribution in [1.29, 1.82) is 0 Å². The third-order valence-electron chi connectivity index (χ3n) is 4.00. The zero-order valence-electron chi connectivity index (χ0n) is 15.9. The summed E-state index contributed by atoms with van der Waals surface area (Å²) in [6.07, 6.45) is 1.52. The Morgan fingerprint density at radius 2 is 1.85 bits per heavy atom. The molecule has 146 valence electrons. The molecule has 2 aromatic carbocycles. The van der Waals surface area contributed by atoms with E-state index in [0.717, 1.165) is 22.5 Å². The Morgan fingerprint density at radius 1 is 1.15 bits per heavy atom. The monoisotopic (exact) mass is 406 g/mol. The Bertz CT molecular complexity index is 855. The number of benzene rings is 2. The molecule has 1 amide bonds. The number of hydrogen-bond acceptors (Lipinski definition) is 4. The first kappa shape index (κ1) is 21.3. The van der Waals surface area contributed by atoms with Gasteiger partial charge in [0.1, 0.15) is 6.04 Å². The van der Waals surface area contributed by atoms with Crippen molar-refractivity contribution in [2.75, 3.05) is 22.9 Å². The van der Waals surface area contributed by atoms with Gasteiger partial charge in [-0.05, 0) is 43.2 Å². The van der Waals surface area contributed by atoms with Crippen LogP contribution in [0.1, 0.15) is 18.9 Å². The van der Waals surface area contributed by atoms with Crippen molar-refractivity contribution < 1.29 is 13.2 Å². The fourth-order valence-corrected chi connectivity index (χ4v) is 4.80. The summed E-state index contributed by atoms with van der Waals surface area (Å²) >= 11 is 1.65. The Hall–Kier alpha value is -1.99. The predicted octanol–water partition coefficient (Wildman–Crippen LogP) is 3.45. The van der Waals surface area contributed by atoms with E-state index in [4.69, 9.17) is 0 Å². The van der Waals surface area contributed by atoms with Gasteiger partial charge in [-0.15, -0.1) is 11.8 Å². The largest absolute Gasteiger partial charge is 0.353 e. The minimum absolute atomic E-state index is 0.280. The van der Waals surface area contributed by atoms with E-state index in [1.807, 2.05) is 50.2 Å². The summed E-state index contributed by atoms with van der Waals surface area (Å²) < 4.78 is 26.0. The Balaban J connectivity index is 2.06. The number of carbonyl (C=O) groups excluding carboxylic acids is 1. The van der Waals surface area contributed by atoms with Crippen molar-refractivity contribution in [3.63, 3.8) is 0 Å². The maximum Gasteiger partial charge on any atom is 0.243 e. The number of thioether (sulfide) groups is 1. The van der Waals surface area contributed by atoms with Gasteiger partial charge in [0.05, 0.1) is 11.9 Å². The van der Waals surface area contributed by atoms with Crippen LogP contribution in [0, 0.1) is 6.92 Å². The lowest BCUT2D eigenvalue weighted by Gasteiger charge is -2.30. The van der Waals surface area contributed by atoms with Crippen LogP contribution in [0.2, 0.25) is 0 Å². The Morgan fingerprint density at radius 3 is 2.44 bits per heavy atom. The highest BCUT2D eigenvalue weighted by Crippen LogP contribution is 2.23. The molecule has 0 saturated carbocycles. The highest BCUT2D eigenvalue weighted by atomic mass is 32.2. The first-order chi connectivity index (χ1) is 12.8. The summed E-state index contributed by atoms with van der Waals surface area (Å²) in [5.74, 6) is 0.438. The van der Waals surface area contributed by atoms with Crippen molar-refractivity contribution in [1.82, 2.24) is 5.32 Å². The molecule has 0 bridgehead atoms. The van der Waals surface area contributed by atoms with Gasteiger partial charge in [0.2, 0.25) is 15.9 Å². The lowest BCUT2D eigenvalue weighted by atomic mass is 10.1. The van der Waals surface area contributed by atoms with Gasteiger partial charge in [0.15, 0.2) is 0 Å². The zero-order chi connectivity index (χ0) is 19.9. The second-order valence-electron chi connectivity index (χ2n) is 6.27. The van der Waals surface area contributed by atoms with Gasteiger partial charge in [-0.3, -0.25) is 9.10 Å². The fraction of sp³-hybridized carbons (Fsp3) is 0.350. The van der Waals surface area contributed by atoms with Gasteiger partial charge in [0, 0.05) is 17.2 Å². The van der Waals surface area contributed by atoms with E-state index in [0.29, 0.717) is 18.7 Å².